The number of nitrogens with one attached hydrogen (secondary N) is 2. The first-order valence-corrected chi connectivity index (χ1v) is 15.7. The SMILES string of the molecule is CC1C[C@H](C(=O)Nc2ncc(-c3ccccc3)s2)CN1C#N.CC[C@@H]1CN(C#N)C[C@H]1C(=O)Nc1cn(-c2ccccc2)cn1. The molecular weight excluding hydrogens is 586 g/mol. The van der Waals surface area contributed by atoms with Crippen LogP contribution in [0.15, 0.2) is 79.4 Å². The molecule has 0 radical (unpaired) electrons. The molecule has 2 saturated heterocycles. The standard InChI is InChI=1S/C17H19N5O.C16H16N4OS/c1-2-13-8-21(11-18)9-15(13)17(23)20-16-10-22(12-19-16)14-6-4-3-5-7-14;1-11-7-13(9-20(11)10-17)15(21)19-16-18-8-14(22-16)12-5-3-2-4-6-12/h3-7,10,12-13,15H,2,8-9H2,1H3,(H,20,23);2-6,8,11,13H,7,9H2,1H3,(H,18,19,21)/t13-,15-;11?,13-/m10/s1. The first-order valence-electron chi connectivity index (χ1n) is 14.9. The highest BCUT2D eigenvalue weighted by Gasteiger charge is 2.36. The summed E-state index contributed by atoms with van der Waals surface area (Å²) in [7, 11) is 0. The lowest BCUT2D eigenvalue weighted by Gasteiger charge is -2.14. The average molecular weight is 622 g/mol. The first-order chi connectivity index (χ1) is 21.9. The summed E-state index contributed by atoms with van der Waals surface area (Å²) >= 11 is 1.46. The van der Waals surface area contributed by atoms with Crippen LogP contribution in [0.25, 0.3) is 16.1 Å². The van der Waals surface area contributed by atoms with E-state index in [0.717, 1.165) is 22.5 Å². The van der Waals surface area contributed by atoms with Crippen molar-refractivity contribution < 1.29 is 9.59 Å². The summed E-state index contributed by atoms with van der Waals surface area (Å²) < 4.78 is 1.86. The number of nitriles is 2. The van der Waals surface area contributed by atoms with E-state index in [1.54, 1.807) is 28.5 Å². The predicted molar refractivity (Wildman–Crippen MR) is 173 cm³/mol. The molecule has 11 nitrogen and oxygen atoms in total. The minimum Gasteiger partial charge on any atom is -0.310 e. The first kappa shape index (κ1) is 31.2. The van der Waals surface area contributed by atoms with Gasteiger partial charge < -0.3 is 25.0 Å². The second kappa shape index (κ2) is 14.5. The number of anilines is 2. The summed E-state index contributed by atoms with van der Waals surface area (Å²) in [5, 5.41) is 24.4. The van der Waals surface area contributed by atoms with E-state index in [0.29, 0.717) is 37.0 Å². The molecule has 2 fully saturated rings. The van der Waals surface area contributed by atoms with Crippen molar-refractivity contribution in [3.63, 3.8) is 0 Å². The van der Waals surface area contributed by atoms with Crippen LogP contribution in [0.5, 0.6) is 0 Å². The number of aromatic nitrogens is 3. The second-order valence-corrected chi connectivity index (χ2v) is 12.2. The number of benzene rings is 2. The largest absolute Gasteiger partial charge is 0.310 e. The van der Waals surface area contributed by atoms with Gasteiger partial charge in [-0.15, -0.1) is 0 Å². The van der Waals surface area contributed by atoms with Crippen LogP contribution in [-0.4, -0.2) is 61.8 Å². The Balaban J connectivity index is 0.000000178. The molecule has 4 heterocycles. The second-order valence-electron chi connectivity index (χ2n) is 11.2. The molecule has 2 N–H and O–H groups in total. The molecule has 6 rings (SSSR count). The predicted octanol–water partition coefficient (Wildman–Crippen LogP) is 5.19. The van der Waals surface area contributed by atoms with E-state index in [1.165, 1.54) is 11.3 Å². The lowest BCUT2D eigenvalue weighted by molar-refractivity contribution is -0.121. The van der Waals surface area contributed by atoms with Gasteiger partial charge in [0.2, 0.25) is 11.8 Å². The van der Waals surface area contributed by atoms with Gasteiger partial charge in [-0.3, -0.25) is 9.59 Å². The quantitative estimate of drug-likeness (QED) is 0.269. The number of thiazole rings is 1. The van der Waals surface area contributed by atoms with Crippen LogP contribution < -0.4 is 10.6 Å². The topological polar surface area (TPSA) is 143 Å². The highest BCUT2D eigenvalue weighted by molar-refractivity contribution is 7.19. The van der Waals surface area contributed by atoms with Crippen LogP contribution in [0.3, 0.4) is 0 Å². The summed E-state index contributed by atoms with van der Waals surface area (Å²) in [6.07, 6.45) is 11.1. The Morgan fingerprint density at radius 3 is 2.36 bits per heavy atom. The summed E-state index contributed by atoms with van der Waals surface area (Å²) in [5.41, 5.74) is 2.08. The third kappa shape index (κ3) is 7.66. The number of hydrogen-bond acceptors (Lipinski definition) is 9. The number of nitrogens with zero attached hydrogens (tertiary/aromatic N) is 7. The molecule has 2 aliphatic rings. The van der Waals surface area contributed by atoms with Crippen molar-refractivity contribution in [1.82, 2.24) is 24.3 Å². The molecule has 2 aromatic heterocycles. The number of imidazole rings is 1. The Morgan fingerprint density at radius 1 is 0.956 bits per heavy atom. The Kier molecular flexibility index (Phi) is 10.1. The molecule has 230 valence electrons. The summed E-state index contributed by atoms with van der Waals surface area (Å²) in [5.74, 6) is 0.307. The number of amides is 2. The van der Waals surface area contributed by atoms with Gasteiger partial charge >= 0.3 is 0 Å². The van der Waals surface area contributed by atoms with Crippen LogP contribution in [0.1, 0.15) is 26.7 Å². The van der Waals surface area contributed by atoms with Crippen molar-refractivity contribution in [2.45, 2.75) is 32.7 Å². The number of carbonyl (C=O) groups is 2. The Bertz CT molecular complexity index is 1680. The number of rotatable bonds is 7. The van der Waals surface area contributed by atoms with Gasteiger partial charge in [0, 0.05) is 37.6 Å². The molecule has 2 aromatic carbocycles. The Hall–Kier alpha value is -5.20. The number of para-hydroxylation sites is 1. The lowest BCUT2D eigenvalue weighted by atomic mass is 9.93. The highest BCUT2D eigenvalue weighted by atomic mass is 32.1. The number of hydrogen-bond donors (Lipinski definition) is 2. The fourth-order valence-electron chi connectivity index (χ4n) is 5.65. The molecule has 0 spiro atoms. The van der Waals surface area contributed by atoms with Crippen LogP contribution in [-0.2, 0) is 9.59 Å². The summed E-state index contributed by atoms with van der Waals surface area (Å²) in [4.78, 5) is 37.6. The molecule has 12 heteroatoms. The average Bonchev–Trinajstić information content (AvgIpc) is 3.88. The molecular formula is C33H35N9O2S. The van der Waals surface area contributed by atoms with E-state index in [2.05, 4.69) is 39.9 Å². The monoisotopic (exact) mass is 621 g/mol. The van der Waals surface area contributed by atoms with Crippen molar-refractivity contribution in [2.24, 2.45) is 17.8 Å². The van der Waals surface area contributed by atoms with Gasteiger partial charge in [-0.1, -0.05) is 73.2 Å². The van der Waals surface area contributed by atoms with Crippen molar-refractivity contribution in [1.29, 1.82) is 10.5 Å². The zero-order chi connectivity index (χ0) is 31.8. The van der Waals surface area contributed by atoms with E-state index in [9.17, 15) is 9.59 Å². The van der Waals surface area contributed by atoms with Crippen molar-refractivity contribution >= 4 is 34.1 Å². The minimum absolute atomic E-state index is 0.0569. The van der Waals surface area contributed by atoms with E-state index < -0.39 is 0 Å². The molecule has 0 bridgehead atoms. The normalized spacial score (nSPS) is 20.4. The maximum atomic E-state index is 12.5. The third-order valence-electron chi connectivity index (χ3n) is 8.20. The maximum Gasteiger partial charge on any atom is 0.231 e. The van der Waals surface area contributed by atoms with Gasteiger partial charge in [0.25, 0.3) is 0 Å². The van der Waals surface area contributed by atoms with E-state index in [4.69, 9.17) is 10.5 Å². The van der Waals surface area contributed by atoms with E-state index in [-0.39, 0.29) is 35.6 Å². The maximum absolute atomic E-state index is 12.5. The molecule has 4 atom stereocenters. The zero-order valence-electron chi connectivity index (χ0n) is 25.2. The van der Waals surface area contributed by atoms with Crippen molar-refractivity contribution in [3.8, 4) is 28.5 Å². The molecule has 0 aliphatic carbocycles. The fraction of sp³-hybridized carbons (Fsp3) is 0.333. The van der Waals surface area contributed by atoms with Crippen LogP contribution in [0.4, 0.5) is 10.9 Å². The van der Waals surface area contributed by atoms with Gasteiger partial charge in [-0.25, -0.2) is 9.97 Å². The molecule has 2 aliphatic heterocycles. The van der Waals surface area contributed by atoms with Gasteiger partial charge in [-0.2, -0.15) is 10.5 Å². The third-order valence-corrected chi connectivity index (χ3v) is 9.16. The molecule has 2 amide bonds. The van der Waals surface area contributed by atoms with Gasteiger partial charge in [0.15, 0.2) is 23.3 Å². The molecule has 1 unspecified atom stereocenters. The van der Waals surface area contributed by atoms with Crippen molar-refractivity contribution in [2.75, 3.05) is 30.3 Å². The summed E-state index contributed by atoms with van der Waals surface area (Å²) in [6.45, 7) is 5.65. The molecule has 45 heavy (non-hydrogen) atoms. The number of likely N-dealkylation sites (tertiary alicyclic amines) is 2. The smallest absolute Gasteiger partial charge is 0.231 e. The van der Waals surface area contributed by atoms with Crippen LogP contribution in [0.2, 0.25) is 0 Å². The Morgan fingerprint density at radius 2 is 1.69 bits per heavy atom. The summed E-state index contributed by atoms with van der Waals surface area (Å²) in [6, 6.07) is 19.9. The Labute approximate surface area is 266 Å². The van der Waals surface area contributed by atoms with Gasteiger partial charge in [0.05, 0.1) is 22.9 Å². The fourth-order valence-corrected chi connectivity index (χ4v) is 6.47. The number of carbonyl (C=O) groups excluding carboxylic acids is 2. The van der Waals surface area contributed by atoms with Crippen molar-refractivity contribution in [3.05, 3.63) is 79.4 Å². The van der Waals surface area contributed by atoms with Gasteiger partial charge in [0.1, 0.15) is 6.33 Å². The van der Waals surface area contributed by atoms with Crippen LogP contribution in [0, 0.1) is 40.7 Å². The van der Waals surface area contributed by atoms with Gasteiger partial charge in [-0.05, 0) is 37.0 Å². The molecule has 4 aromatic rings. The minimum atomic E-state index is -0.165. The zero-order valence-corrected chi connectivity index (χ0v) is 26.0. The molecule has 0 saturated carbocycles. The van der Waals surface area contributed by atoms with E-state index in [1.807, 2.05) is 72.2 Å². The lowest BCUT2D eigenvalue weighted by Crippen LogP contribution is -2.28. The van der Waals surface area contributed by atoms with Crippen LogP contribution >= 0.6 is 11.3 Å². The van der Waals surface area contributed by atoms with E-state index >= 15 is 0 Å². The highest BCUT2D eigenvalue weighted by Crippen LogP contribution is 2.30.